The average molecular weight is 543 g/mol. The van der Waals surface area contributed by atoms with Gasteiger partial charge in [0, 0.05) is 23.1 Å². The van der Waals surface area contributed by atoms with Gasteiger partial charge >= 0.3 is 6.18 Å². The van der Waals surface area contributed by atoms with E-state index in [1.807, 2.05) is 0 Å². The molecule has 2 aromatic rings. The average Bonchev–Trinajstić information content (AvgIpc) is 3.10. The number of ether oxygens (including phenoxy) is 2. The van der Waals surface area contributed by atoms with Crippen molar-refractivity contribution in [2.75, 3.05) is 30.9 Å². The van der Waals surface area contributed by atoms with E-state index in [1.54, 1.807) is 0 Å². The lowest BCUT2D eigenvalue weighted by atomic mass is 9.79. The van der Waals surface area contributed by atoms with E-state index in [1.165, 1.54) is 0 Å². The molecule has 1 aromatic carbocycles. The summed E-state index contributed by atoms with van der Waals surface area (Å²) in [6.07, 6.45) is -3.89. The van der Waals surface area contributed by atoms with Crippen LogP contribution in [0.3, 0.4) is 0 Å². The molecule has 15 heteroatoms. The van der Waals surface area contributed by atoms with Crippen LogP contribution < -0.4 is 15.8 Å². The van der Waals surface area contributed by atoms with Crippen molar-refractivity contribution in [1.29, 1.82) is 0 Å². The van der Waals surface area contributed by atoms with Crippen LogP contribution in [-0.2, 0) is 10.3 Å². The number of hydrogen-bond acceptors (Lipinski definition) is 7. The molecule has 3 heterocycles. The number of thioether (sulfide) groups is 1. The maximum absolute atomic E-state index is 15.6. The van der Waals surface area contributed by atoms with Gasteiger partial charge in [0.15, 0.2) is 34.5 Å². The van der Waals surface area contributed by atoms with Crippen molar-refractivity contribution < 1.29 is 40.6 Å². The van der Waals surface area contributed by atoms with Gasteiger partial charge in [-0.2, -0.15) is 13.2 Å². The molecule has 1 saturated heterocycles. The Kier molecular flexibility index (Phi) is 7.48. The Morgan fingerprint density at radius 3 is 2.66 bits per heavy atom. The Morgan fingerprint density at radius 1 is 1.23 bits per heavy atom. The normalized spacial score (nSPS) is 23.7. The maximum Gasteiger partial charge on any atom is 0.422 e. The van der Waals surface area contributed by atoms with Gasteiger partial charge in [-0.05, 0) is 18.2 Å². The number of nitrogens with one attached hydrogen (secondary N) is 1. The first-order valence-corrected chi connectivity index (χ1v) is 10.6. The van der Waals surface area contributed by atoms with Crippen LogP contribution in [0.4, 0.5) is 32.0 Å². The third kappa shape index (κ3) is 5.28. The number of halogens is 7. The number of pyridine rings is 1. The topological polar surface area (TPSA) is 98.8 Å². The molecule has 35 heavy (non-hydrogen) atoms. The highest BCUT2D eigenvalue weighted by Crippen LogP contribution is 2.50. The molecule has 0 saturated carbocycles. The van der Waals surface area contributed by atoms with E-state index >= 15 is 4.39 Å². The van der Waals surface area contributed by atoms with E-state index in [0.717, 1.165) is 36.2 Å². The summed E-state index contributed by atoms with van der Waals surface area (Å²) in [7, 11) is 0. The molecule has 2 aliphatic heterocycles. The van der Waals surface area contributed by atoms with Crippen LogP contribution in [0, 0.1) is 11.6 Å². The Balaban J connectivity index is 0.00000342. The number of hydrogen-bond donors (Lipinski definition) is 2. The van der Waals surface area contributed by atoms with Crippen molar-refractivity contribution in [3.05, 3.63) is 53.4 Å². The van der Waals surface area contributed by atoms with Crippen molar-refractivity contribution >= 4 is 40.9 Å². The molecule has 0 radical (unpaired) electrons. The summed E-state index contributed by atoms with van der Waals surface area (Å²) in [5.74, 6) is -3.78. The summed E-state index contributed by atoms with van der Waals surface area (Å²) in [4.78, 5) is 20.2. The lowest BCUT2D eigenvalue weighted by Crippen LogP contribution is -2.52. The van der Waals surface area contributed by atoms with Crippen molar-refractivity contribution in [1.82, 2.24) is 4.98 Å². The Hall–Kier alpha value is -2.71. The van der Waals surface area contributed by atoms with Crippen LogP contribution in [0.5, 0.6) is 5.75 Å². The second-order valence-corrected chi connectivity index (χ2v) is 8.61. The molecular formula is C20H17ClF6N4O3S. The number of anilines is 1. The van der Waals surface area contributed by atoms with Crippen LogP contribution in [0.25, 0.3) is 0 Å². The first kappa shape index (κ1) is 26.9. The van der Waals surface area contributed by atoms with Crippen LogP contribution in [-0.4, -0.2) is 53.5 Å². The van der Waals surface area contributed by atoms with Gasteiger partial charge < -0.3 is 20.5 Å². The second-order valence-electron chi connectivity index (χ2n) is 7.61. The number of rotatable bonds is 5. The number of aromatic nitrogens is 1. The number of nitrogens with zero attached hydrogens (tertiary/aromatic N) is 2. The van der Waals surface area contributed by atoms with Gasteiger partial charge in [-0.15, -0.1) is 12.4 Å². The SMILES string of the molecule is Cl.NC1=NC2(c3cc(NC(=O)c4ncc(OCC(F)(F)F)cc4F)ccc3F)COCC2(F)CS1. The maximum atomic E-state index is 15.6. The molecule has 2 aliphatic rings. The number of benzene rings is 1. The Bertz CT molecular complexity index is 1170. The standard InChI is InChI=1S/C20H16F6N4O3S.ClH/c21-13-2-1-10(3-12(13)19-7-32-6-18(19,23)9-34-17(27)30-19)29-16(31)15-14(22)4-11(5-28-15)33-8-20(24,25)26;/h1-5H,6-9H2,(H2,27,30)(H,29,31);1H. The van der Waals surface area contributed by atoms with Crippen LogP contribution in [0.2, 0.25) is 0 Å². The van der Waals surface area contributed by atoms with Crippen molar-refractivity contribution in [2.24, 2.45) is 10.7 Å². The number of aliphatic imine (C=N–C) groups is 1. The fourth-order valence-corrected chi connectivity index (χ4v) is 4.55. The summed E-state index contributed by atoms with van der Waals surface area (Å²) in [6.45, 7) is -2.27. The number of alkyl halides is 4. The largest absolute Gasteiger partial charge is 0.482 e. The molecule has 0 bridgehead atoms. The van der Waals surface area contributed by atoms with E-state index < -0.39 is 53.0 Å². The van der Waals surface area contributed by atoms with Crippen molar-refractivity contribution in [3.63, 3.8) is 0 Å². The summed E-state index contributed by atoms with van der Waals surface area (Å²) >= 11 is 0.970. The van der Waals surface area contributed by atoms with E-state index in [0.29, 0.717) is 6.07 Å². The molecule has 2 atom stereocenters. The van der Waals surface area contributed by atoms with Gasteiger partial charge in [0.2, 0.25) is 0 Å². The molecule has 1 fully saturated rings. The number of carbonyl (C=O) groups excluding carboxylic acids is 1. The van der Waals surface area contributed by atoms with Gasteiger partial charge in [0.1, 0.15) is 11.6 Å². The molecule has 4 rings (SSSR count). The fourth-order valence-electron chi connectivity index (χ4n) is 3.63. The minimum absolute atomic E-state index is 0. The van der Waals surface area contributed by atoms with Crippen molar-refractivity contribution in [3.8, 4) is 5.75 Å². The summed E-state index contributed by atoms with van der Waals surface area (Å²) in [5.41, 5.74) is 0.957. The third-order valence-electron chi connectivity index (χ3n) is 5.24. The molecule has 2 unspecified atom stereocenters. The van der Waals surface area contributed by atoms with E-state index in [2.05, 4.69) is 20.0 Å². The lowest BCUT2D eigenvalue weighted by molar-refractivity contribution is -0.153. The fraction of sp³-hybridized carbons (Fsp3) is 0.350. The molecular weight excluding hydrogens is 526 g/mol. The second kappa shape index (κ2) is 9.74. The quantitative estimate of drug-likeness (QED) is 0.555. The molecule has 1 aromatic heterocycles. The Labute approximate surface area is 204 Å². The van der Waals surface area contributed by atoms with Gasteiger partial charge in [-0.1, -0.05) is 11.8 Å². The zero-order valence-corrected chi connectivity index (χ0v) is 19.1. The zero-order valence-electron chi connectivity index (χ0n) is 17.5. The molecule has 7 nitrogen and oxygen atoms in total. The predicted molar refractivity (Wildman–Crippen MR) is 118 cm³/mol. The minimum Gasteiger partial charge on any atom is -0.482 e. The number of amidine groups is 1. The minimum atomic E-state index is -4.64. The monoisotopic (exact) mass is 542 g/mol. The molecule has 3 N–H and O–H groups in total. The van der Waals surface area contributed by atoms with Gasteiger partial charge in [-0.3, -0.25) is 4.79 Å². The molecule has 0 spiro atoms. The smallest absolute Gasteiger partial charge is 0.422 e. The summed E-state index contributed by atoms with van der Waals surface area (Å²) in [5, 5.41) is 2.35. The van der Waals surface area contributed by atoms with Gasteiger partial charge in [0.25, 0.3) is 5.91 Å². The van der Waals surface area contributed by atoms with E-state index in [-0.39, 0.29) is 47.8 Å². The molecule has 1 amide bonds. The number of amides is 1. The molecule has 0 aliphatic carbocycles. The zero-order chi connectivity index (χ0) is 24.7. The molecule has 190 valence electrons. The van der Waals surface area contributed by atoms with E-state index in [9.17, 15) is 26.7 Å². The lowest BCUT2D eigenvalue weighted by Gasteiger charge is -2.38. The number of nitrogens with two attached hydrogens (primary N) is 1. The third-order valence-corrected chi connectivity index (χ3v) is 6.23. The van der Waals surface area contributed by atoms with Crippen molar-refractivity contribution in [2.45, 2.75) is 17.4 Å². The highest BCUT2D eigenvalue weighted by Gasteiger charge is 2.61. The first-order valence-electron chi connectivity index (χ1n) is 9.64. The van der Waals surface area contributed by atoms with Gasteiger partial charge in [-0.25, -0.2) is 23.1 Å². The van der Waals surface area contributed by atoms with Gasteiger partial charge in [0.05, 0.1) is 19.4 Å². The number of carbonyl (C=O) groups is 1. The number of fused-ring (bicyclic) bond motifs is 1. The predicted octanol–water partition coefficient (Wildman–Crippen LogP) is 3.97. The Morgan fingerprint density at radius 2 is 1.97 bits per heavy atom. The van der Waals surface area contributed by atoms with Crippen LogP contribution in [0.1, 0.15) is 16.1 Å². The highest BCUT2D eigenvalue weighted by molar-refractivity contribution is 8.13. The first-order chi connectivity index (χ1) is 15.9. The highest BCUT2D eigenvalue weighted by atomic mass is 35.5. The summed E-state index contributed by atoms with van der Waals surface area (Å²) < 4.78 is 91.1. The van der Waals surface area contributed by atoms with Crippen LogP contribution >= 0.6 is 24.2 Å². The van der Waals surface area contributed by atoms with Crippen LogP contribution in [0.15, 0.2) is 35.5 Å². The summed E-state index contributed by atoms with van der Waals surface area (Å²) in [6, 6.07) is 3.85. The van der Waals surface area contributed by atoms with E-state index in [4.69, 9.17) is 10.5 Å².